The largest absolute Gasteiger partial charge is 0.478 e. The van der Waals surface area contributed by atoms with E-state index in [0.29, 0.717) is 0 Å². The maximum atomic E-state index is 10.7. The summed E-state index contributed by atoms with van der Waals surface area (Å²) in [5, 5.41) is 8.81. The molecule has 0 unspecified atom stereocenters. The van der Waals surface area contributed by atoms with Crippen LogP contribution in [0.15, 0.2) is 53.5 Å². The van der Waals surface area contributed by atoms with E-state index in [4.69, 9.17) is 5.11 Å². The third-order valence-corrected chi connectivity index (χ3v) is 2.89. The van der Waals surface area contributed by atoms with E-state index in [1.54, 1.807) is 30.5 Å². The molecule has 4 heteroatoms. The second-order valence-corrected chi connectivity index (χ2v) is 4.60. The van der Waals surface area contributed by atoms with Gasteiger partial charge >= 0.3 is 5.97 Å². The zero-order chi connectivity index (χ0) is 14.5. The number of carboxylic acid groups (broad SMARTS) is 1. The molecule has 0 aliphatic rings. The van der Waals surface area contributed by atoms with Crippen molar-refractivity contribution in [2.45, 2.75) is 0 Å². The summed E-state index contributed by atoms with van der Waals surface area (Å²) in [5.41, 5.74) is 3.12. The smallest absolute Gasteiger partial charge is 0.335 e. The Labute approximate surface area is 118 Å². The van der Waals surface area contributed by atoms with Crippen molar-refractivity contribution >= 4 is 23.6 Å². The molecular formula is C16H16N2O2. The van der Waals surface area contributed by atoms with E-state index >= 15 is 0 Å². The van der Waals surface area contributed by atoms with Gasteiger partial charge in [0, 0.05) is 26.0 Å². The average Bonchev–Trinajstić information content (AvgIpc) is 2.46. The van der Waals surface area contributed by atoms with Gasteiger partial charge in [0.05, 0.1) is 11.3 Å². The molecule has 2 aromatic rings. The predicted molar refractivity (Wildman–Crippen MR) is 81.4 cm³/mol. The van der Waals surface area contributed by atoms with E-state index in [0.717, 1.165) is 16.9 Å². The van der Waals surface area contributed by atoms with Crippen molar-refractivity contribution < 1.29 is 9.90 Å². The maximum absolute atomic E-state index is 10.7. The van der Waals surface area contributed by atoms with Crippen molar-refractivity contribution in [2.75, 3.05) is 19.0 Å². The Morgan fingerprint density at radius 2 is 1.65 bits per heavy atom. The molecule has 0 bridgehead atoms. The molecule has 102 valence electrons. The van der Waals surface area contributed by atoms with Crippen molar-refractivity contribution in [1.82, 2.24) is 0 Å². The highest BCUT2D eigenvalue weighted by molar-refractivity contribution is 5.88. The number of hydrogen-bond donors (Lipinski definition) is 1. The van der Waals surface area contributed by atoms with Gasteiger partial charge in [0.15, 0.2) is 0 Å². The van der Waals surface area contributed by atoms with Crippen LogP contribution in [0.1, 0.15) is 15.9 Å². The first-order valence-corrected chi connectivity index (χ1v) is 6.21. The quantitative estimate of drug-likeness (QED) is 0.866. The maximum Gasteiger partial charge on any atom is 0.335 e. The number of carbonyl (C=O) groups is 1. The normalized spacial score (nSPS) is 10.7. The Kier molecular flexibility index (Phi) is 4.15. The highest BCUT2D eigenvalue weighted by atomic mass is 16.4. The monoisotopic (exact) mass is 268 g/mol. The lowest BCUT2D eigenvalue weighted by atomic mass is 10.2. The molecule has 0 aromatic heterocycles. The van der Waals surface area contributed by atoms with Gasteiger partial charge in [-0.3, -0.25) is 4.99 Å². The fraction of sp³-hybridized carbons (Fsp3) is 0.125. The van der Waals surface area contributed by atoms with E-state index in [9.17, 15) is 4.79 Å². The summed E-state index contributed by atoms with van der Waals surface area (Å²) in [5.74, 6) is -0.931. The number of nitrogens with zero attached hydrogens (tertiary/aromatic N) is 2. The van der Waals surface area contributed by atoms with Crippen LogP contribution in [0.5, 0.6) is 0 Å². The number of hydrogen-bond acceptors (Lipinski definition) is 3. The van der Waals surface area contributed by atoms with Gasteiger partial charge in [-0.25, -0.2) is 4.79 Å². The van der Waals surface area contributed by atoms with Gasteiger partial charge in [0.1, 0.15) is 0 Å². The first-order chi connectivity index (χ1) is 9.56. The summed E-state index contributed by atoms with van der Waals surface area (Å²) in [4.78, 5) is 17.1. The minimum atomic E-state index is -0.931. The van der Waals surface area contributed by atoms with E-state index < -0.39 is 5.97 Å². The number of aliphatic imine (C=N–C) groups is 1. The Morgan fingerprint density at radius 1 is 1.05 bits per heavy atom. The molecule has 2 rings (SSSR count). The summed E-state index contributed by atoms with van der Waals surface area (Å²) in [6.07, 6.45) is 1.76. The summed E-state index contributed by atoms with van der Waals surface area (Å²) in [6.45, 7) is 0. The van der Waals surface area contributed by atoms with Crippen LogP contribution in [0.4, 0.5) is 11.4 Å². The molecular weight excluding hydrogens is 252 g/mol. The van der Waals surface area contributed by atoms with Crippen LogP contribution in [0.2, 0.25) is 0 Å². The summed E-state index contributed by atoms with van der Waals surface area (Å²) in [6, 6.07) is 14.5. The molecule has 0 heterocycles. The Hall–Kier alpha value is -2.62. The first-order valence-electron chi connectivity index (χ1n) is 6.21. The van der Waals surface area contributed by atoms with E-state index in [1.165, 1.54) is 0 Å². The second-order valence-electron chi connectivity index (χ2n) is 4.60. The molecule has 0 fully saturated rings. The van der Waals surface area contributed by atoms with Gasteiger partial charge < -0.3 is 10.0 Å². The molecule has 0 amide bonds. The highest BCUT2D eigenvalue weighted by Crippen LogP contribution is 2.15. The fourth-order valence-electron chi connectivity index (χ4n) is 1.70. The molecule has 1 N–H and O–H groups in total. The van der Waals surface area contributed by atoms with E-state index in [1.807, 2.05) is 43.3 Å². The SMILES string of the molecule is CN(C)c1ccc(C=Nc2ccc(C(=O)O)cc2)cc1. The van der Waals surface area contributed by atoms with Crippen molar-refractivity contribution in [1.29, 1.82) is 0 Å². The number of carboxylic acids is 1. The Morgan fingerprint density at radius 3 is 2.15 bits per heavy atom. The van der Waals surface area contributed by atoms with Gasteiger partial charge in [-0.1, -0.05) is 12.1 Å². The molecule has 0 saturated carbocycles. The van der Waals surface area contributed by atoms with E-state index in [-0.39, 0.29) is 5.56 Å². The van der Waals surface area contributed by atoms with Crippen LogP contribution < -0.4 is 4.90 Å². The third-order valence-electron chi connectivity index (χ3n) is 2.89. The third kappa shape index (κ3) is 3.45. The van der Waals surface area contributed by atoms with Gasteiger partial charge in [-0.05, 0) is 42.0 Å². The molecule has 2 aromatic carbocycles. The highest BCUT2D eigenvalue weighted by Gasteiger charge is 2.00. The molecule has 0 aliphatic heterocycles. The number of aromatic carboxylic acids is 1. The zero-order valence-corrected chi connectivity index (χ0v) is 11.4. The average molecular weight is 268 g/mol. The number of benzene rings is 2. The standard InChI is InChI=1S/C16H16N2O2/c1-18(2)15-9-3-12(4-10-15)11-17-14-7-5-13(6-8-14)16(19)20/h3-11H,1-2H3,(H,19,20). The van der Waals surface area contributed by atoms with Crippen LogP contribution in [0, 0.1) is 0 Å². The lowest BCUT2D eigenvalue weighted by Gasteiger charge is -2.11. The Bertz CT molecular complexity index is 614. The van der Waals surface area contributed by atoms with Crippen molar-refractivity contribution in [2.24, 2.45) is 4.99 Å². The zero-order valence-electron chi connectivity index (χ0n) is 11.4. The van der Waals surface area contributed by atoms with Crippen LogP contribution in [0.25, 0.3) is 0 Å². The van der Waals surface area contributed by atoms with Crippen LogP contribution in [-0.2, 0) is 0 Å². The van der Waals surface area contributed by atoms with Gasteiger partial charge in [0.2, 0.25) is 0 Å². The van der Waals surface area contributed by atoms with Crippen molar-refractivity contribution in [3.63, 3.8) is 0 Å². The molecule has 0 aliphatic carbocycles. The molecule has 0 spiro atoms. The topological polar surface area (TPSA) is 52.9 Å². The molecule has 0 radical (unpaired) electrons. The lowest BCUT2D eigenvalue weighted by Crippen LogP contribution is -2.08. The van der Waals surface area contributed by atoms with Gasteiger partial charge in [-0.15, -0.1) is 0 Å². The molecule has 20 heavy (non-hydrogen) atoms. The predicted octanol–water partition coefficient (Wildman–Crippen LogP) is 3.20. The van der Waals surface area contributed by atoms with Crippen molar-refractivity contribution in [3.05, 3.63) is 59.7 Å². The van der Waals surface area contributed by atoms with E-state index in [2.05, 4.69) is 4.99 Å². The minimum absolute atomic E-state index is 0.263. The number of anilines is 1. The molecule has 0 saturated heterocycles. The minimum Gasteiger partial charge on any atom is -0.478 e. The first kappa shape index (κ1) is 13.8. The number of rotatable bonds is 4. The lowest BCUT2D eigenvalue weighted by molar-refractivity contribution is 0.0697. The van der Waals surface area contributed by atoms with Crippen molar-refractivity contribution in [3.8, 4) is 0 Å². The van der Waals surface area contributed by atoms with Gasteiger partial charge in [-0.2, -0.15) is 0 Å². The van der Waals surface area contributed by atoms with Crippen LogP contribution in [-0.4, -0.2) is 31.4 Å². The van der Waals surface area contributed by atoms with Crippen LogP contribution >= 0.6 is 0 Å². The molecule has 0 atom stereocenters. The molecule has 4 nitrogen and oxygen atoms in total. The fourth-order valence-corrected chi connectivity index (χ4v) is 1.70. The van der Waals surface area contributed by atoms with Gasteiger partial charge in [0.25, 0.3) is 0 Å². The second kappa shape index (κ2) is 6.02. The summed E-state index contributed by atoms with van der Waals surface area (Å²) >= 11 is 0. The Balaban J connectivity index is 2.10. The van der Waals surface area contributed by atoms with Crippen LogP contribution in [0.3, 0.4) is 0 Å². The summed E-state index contributed by atoms with van der Waals surface area (Å²) in [7, 11) is 3.99. The summed E-state index contributed by atoms with van der Waals surface area (Å²) < 4.78 is 0.